The van der Waals surface area contributed by atoms with Crippen LogP contribution in [0.4, 0.5) is 5.82 Å². The van der Waals surface area contributed by atoms with Crippen LogP contribution in [0, 0.1) is 6.92 Å². The van der Waals surface area contributed by atoms with Crippen LogP contribution in [0.25, 0.3) is 0 Å². The maximum Gasteiger partial charge on any atom is 0.133 e. The van der Waals surface area contributed by atoms with E-state index in [0.29, 0.717) is 12.5 Å². The van der Waals surface area contributed by atoms with E-state index in [4.69, 9.17) is 0 Å². The molecule has 0 spiro atoms. The molecule has 0 unspecified atom stereocenters. The zero-order valence-corrected chi connectivity index (χ0v) is 10.1. The molecular formula is C12H19N3O. The molecule has 1 N–H and O–H groups in total. The Kier molecular flexibility index (Phi) is 3.10. The van der Waals surface area contributed by atoms with Gasteiger partial charge in [0, 0.05) is 30.8 Å². The molecule has 0 saturated carbocycles. The molecule has 1 aliphatic rings. The van der Waals surface area contributed by atoms with Crippen molar-refractivity contribution in [3.63, 3.8) is 0 Å². The highest BCUT2D eigenvalue weighted by atomic mass is 16.3. The van der Waals surface area contributed by atoms with Crippen LogP contribution in [0.3, 0.4) is 0 Å². The molecule has 88 valence electrons. The molecule has 1 saturated heterocycles. The molecule has 0 aromatic carbocycles. The number of nitrogens with zero attached hydrogens (tertiary/aromatic N) is 3. The highest BCUT2D eigenvalue weighted by Crippen LogP contribution is 2.21. The Labute approximate surface area is 96.3 Å². The zero-order chi connectivity index (χ0) is 11.7. The van der Waals surface area contributed by atoms with Gasteiger partial charge in [-0.3, -0.25) is 0 Å². The minimum absolute atomic E-state index is 0.210. The molecule has 16 heavy (non-hydrogen) atoms. The molecule has 1 atom stereocenters. The van der Waals surface area contributed by atoms with Crippen LogP contribution in [0.2, 0.25) is 0 Å². The van der Waals surface area contributed by atoms with Gasteiger partial charge in [-0.15, -0.1) is 0 Å². The lowest BCUT2D eigenvalue weighted by atomic mass is 10.2. The SMILES string of the molecule is Cc1cc(N2CC[C@@H](O)C2)nc(C(C)C)n1. The van der Waals surface area contributed by atoms with E-state index in [1.54, 1.807) is 0 Å². The maximum atomic E-state index is 9.52. The Hall–Kier alpha value is -1.16. The van der Waals surface area contributed by atoms with Crippen LogP contribution in [-0.2, 0) is 0 Å². The summed E-state index contributed by atoms with van der Waals surface area (Å²) in [6, 6.07) is 1.99. The van der Waals surface area contributed by atoms with E-state index < -0.39 is 0 Å². The first-order valence-corrected chi connectivity index (χ1v) is 5.85. The molecule has 4 nitrogen and oxygen atoms in total. The van der Waals surface area contributed by atoms with E-state index >= 15 is 0 Å². The number of aliphatic hydroxyl groups excluding tert-OH is 1. The van der Waals surface area contributed by atoms with Crippen molar-refractivity contribution in [2.24, 2.45) is 0 Å². The van der Waals surface area contributed by atoms with Crippen molar-refractivity contribution in [3.05, 3.63) is 17.6 Å². The molecule has 1 aromatic heterocycles. The lowest BCUT2D eigenvalue weighted by Crippen LogP contribution is -2.23. The molecule has 2 heterocycles. The van der Waals surface area contributed by atoms with Gasteiger partial charge in [-0.1, -0.05) is 13.8 Å². The first-order valence-electron chi connectivity index (χ1n) is 5.85. The Balaban J connectivity index is 2.27. The Morgan fingerprint density at radius 2 is 2.19 bits per heavy atom. The van der Waals surface area contributed by atoms with Crippen molar-refractivity contribution >= 4 is 5.82 Å². The molecule has 0 radical (unpaired) electrons. The van der Waals surface area contributed by atoms with Gasteiger partial charge in [0.05, 0.1) is 6.10 Å². The smallest absolute Gasteiger partial charge is 0.133 e. The standard InChI is InChI=1S/C12H19N3O/c1-8(2)12-13-9(3)6-11(14-12)15-5-4-10(16)7-15/h6,8,10,16H,4-5,7H2,1-3H3/t10-/m1/s1. The van der Waals surface area contributed by atoms with Crippen LogP contribution in [0.15, 0.2) is 6.07 Å². The molecule has 0 amide bonds. The lowest BCUT2D eigenvalue weighted by molar-refractivity contribution is 0.198. The monoisotopic (exact) mass is 221 g/mol. The molecule has 0 aliphatic carbocycles. The van der Waals surface area contributed by atoms with E-state index in [2.05, 4.69) is 28.7 Å². The van der Waals surface area contributed by atoms with Crippen LogP contribution in [0.1, 0.15) is 37.7 Å². The summed E-state index contributed by atoms with van der Waals surface area (Å²) in [7, 11) is 0. The van der Waals surface area contributed by atoms with Crippen molar-refractivity contribution < 1.29 is 5.11 Å². The second-order valence-electron chi connectivity index (χ2n) is 4.77. The van der Waals surface area contributed by atoms with Gasteiger partial charge in [0.2, 0.25) is 0 Å². The molecule has 4 heteroatoms. The van der Waals surface area contributed by atoms with Gasteiger partial charge in [0.1, 0.15) is 11.6 Å². The van der Waals surface area contributed by atoms with Crippen LogP contribution >= 0.6 is 0 Å². The van der Waals surface area contributed by atoms with Gasteiger partial charge in [-0.25, -0.2) is 9.97 Å². The normalized spacial score (nSPS) is 20.8. The minimum atomic E-state index is -0.210. The van der Waals surface area contributed by atoms with E-state index in [1.165, 1.54) is 0 Å². The largest absolute Gasteiger partial charge is 0.391 e. The summed E-state index contributed by atoms with van der Waals surface area (Å²) in [6.45, 7) is 7.75. The Bertz CT molecular complexity index is 379. The quantitative estimate of drug-likeness (QED) is 0.821. The summed E-state index contributed by atoms with van der Waals surface area (Å²) >= 11 is 0. The fraction of sp³-hybridized carbons (Fsp3) is 0.667. The fourth-order valence-electron chi connectivity index (χ4n) is 1.94. The van der Waals surface area contributed by atoms with E-state index in [9.17, 15) is 5.11 Å². The average molecular weight is 221 g/mol. The summed E-state index contributed by atoms with van der Waals surface area (Å²) in [6.07, 6.45) is 0.623. The third-order valence-electron chi connectivity index (χ3n) is 2.86. The second-order valence-corrected chi connectivity index (χ2v) is 4.77. The highest BCUT2D eigenvalue weighted by Gasteiger charge is 2.22. The summed E-state index contributed by atoms with van der Waals surface area (Å²) in [4.78, 5) is 11.1. The summed E-state index contributed by atoms with van der Waals surface area (Å²) in [5, 5.41) is 9.52. The fourth-order valence-corrected chi connectivity index (χ4v) is 1.94. The molecule has 2 rings (SSSR count). The minimum Gasteiger partial charge on any atom is -0.391 e. The summed E-state index contributed by atoms with van der Waals surface area (Å²) < 4.78 is 0. The number of anilines is 1. The highest BCUT2D eigenvalue weighted by molar-refractivity contribution is 5.41. The van der Waals surface area contributed by atoms with Crippen molar-refractivity contribution in [2.45, 2.75) is 39.2 Å². The molecule has 0 bridgehead atoms. The van der Waals surface area contributed by atoms with Gasteiger partial charge in [-0.05, 0) is 13.3 Å². The van der Waals surface area contributed by atoms with Gasteiger partial charge >= 0.3 is 0 Å². The van der Waals surface area contributed by atoms with Crippen LogP contribution < -0.4 is 4.90 Å². The third kappa shape index (κ3) is 2.32. The van der Waals surface area contributed by atoms with Gasteiger partial charge in [-0.2, -0.15) is 0 Å². The summed E-state index contributed by atoms with van der Waals surface area (Å²) in [5.41, 5.74) is 0.995. The number of rotatable bonds is 2. The number of hydrogen-bond acceptors (Lipinski definition) is 4. The number of aryl methyl sites for hydroxylation is 1. The van der Waals surface area contributed by atoms with Crippen molar-refractivity contribution in [2.75, 3.05) is 18.0 Å². The average Bonchev–Trinajstić information content (AvgIpc) is 2.64. The third-order valence-corrected chi connectivity index (χ3v) is 2.86. The summed E-state index contributed by atoms with van der Waals surface area (Å²) in [5.74, 6) is 2.18. The van der Waals surface area contributed by atoms with E-state index in [-0.39, 0.29) is 6.10 Å². The zero-order valence-electron chi connectivity index (χ0n) is 10.1. The number of β-amino-alcohol motifs (C(OH)–C–C–N with tert-alkyl or cyclic N) is 1. The van der Waals surface area contributed by atoms with Crippen molar-refractivity contribution in [1.29, 1.82) is 0 Å². The Morgan fingerprint density at radius 3 is 2.75 bits per heavy atom. The molecular weight excluding hydrogens is 202 g/mol. The number of aromatic nitrogens is 2. The lowest BCUT2D eigenvalue weighted by Gasteiger charge is -2.18. The predicted octanol–water partition coefficient (Wildman–Crippen LogP) is 1.48. The van der Waals surface area contributed by atoms with Gasteiger partial charge in [0.15, 0.2) is 0 Å². The van der Waals surface area contributed by atoms with E-state index in [1.807, 2.05) is 13.0 Å². The Morgan fingerprint density at radius 1 is 1.44 bits per heavy atom. The first-order chi connectivity index (χ1) is 7.56. The van der Waals surface area contributed by atoms with Crippen molar-refractivity contribution in [3.8, 4) is 0 Å². The molecule has 1 aromatic rings. The molecule has 1 aliphatic heterocycles. The molecule has 1 fully saturated rings. The van der Waals surface area contributed by atoms with E-state index in [0.717, 1.165) is 30.3 Å². The predicted molar refractivity (Wildman–Crippen MR) is 63.7 cm³/mol. The number of aliphatic hydroxyl groups is 1. The maximum absolute atomic E-state index is 9.52. The van der Waals surface area contributed by atoms with Crippen molar-refractivity contribution in [1.82, 2.24) is 9.97 Å². The topological polar surface area (TPSA) is 49.2 Å². The van der Waals surface area contributed by atoms with Crippen LogP contribution in [-0.4, -0.2) is 34.3 Å². The van der Waals surface area contributed by atoms with Gasteiger partial charge in [0.25, 0.3) is 0 Å². The van der Waals surface area contributed by atoms with Gasteiger partial charge < -0.3 is 10.0 Å². The number of hydrogen-bond donors (Lipinski definition) is 1. The first kappa shape index (κ1) is 11.3. The second kappa shape index (κ2) is 4.37. The van der Waals surface area contributed by atoms with Crippen LogP contribution in [0.5, 0.6) is 0 Å².